The number of amides is 1. The minimum absolute atomic E-state index is 0.272. The van der Waals surface area contributed by atoms with Crippen LogP contribution in [0.1, 0.15) is 43.4 Å². The highest BCUT2D eigenvalue weighted by atomic mass is 16.2. The van der Waals surface area contributed by atoms with Crippen molar-refractivity contribution in [2.24, 2.45) is 5.92 Å². The second-order valence-corrected chi connectivity index (χ2v) is 6.31. The van der Waals surface area contributed by atoms with Gasteiger partial charge < -0.3 is 10.2 Å². The van der Waals surface area contributed by atoms with Crippen LogP contribution in [0.15, 0.2) is 6.33 Å². The molecule has 1 aliphatic heterocycles. The molecule has 2 aliphatic rings. The van der Waals surface area contributed by atoms with Crippen molar-refractivity contribution in [1.29, 1.82) is 0 Å². The van der Waals surface area contributed by atoms with E-state index in [9.17, 15) is 4.79 Å². The SMILES string of the molecule is Cc1ncnc(N2CCC(NC(=O)C3CCC3)CC2)c1C. The lowest BCUT2D eigenvalue weighted by molar-refractivity contribution is -0.128. The lowest BCUT2D eigenvalue weighted by Gasteiger charge is -2.35. The lowest BCUT2D eigenvalue weighted by atomic mass is 9.84. The number of nitrogens with one attached hydrogen (secondary N) is 1. The third-order valence-electron chi connectivity index (χ3n) is 4.93. The van der Waals surface area contributed by atoms with Crippen LogP contribution in [0, 0.1) is 19.8 Å². The standard InChI is InChI=1S/C16H24N4O/c1-11-12(2)17-10-18-15(11)20-8-6-14(7-9-20)19-16(21)13-4-3-5-13/h10,13-14H,3-9H2,1-2H3,(H,19,21). The van der Waals surface area contributed by atoms with Gasteiger partial charge in [-0.15, -0.1) is 0 Å². The van der Waals surface area contributed by atoms with Gasteiger partial charge in [0.05, 0.1) is 0 Å². The van der Waals surface area contributed by atoms with Crippen LogP contribution in [-0.2, 0) is 4.79 Å². The summed E-state index contributed by atoms with van der Waals surface area (Å²) in [6.07, 6.45) is 7.00. The molecule has 5 heteroatoms. The zero-order valence-corrected chi connectivity index (χ0v) is 12.9. The molecule has 114 valence electrons. The quantitative estimate of drug-likeness (QED) is 0.924. The summed E-state index contributed by atoms with van der Waals surface area (Å²) in [7, 11) is 0. The minimum atomic E-state index is 0.272. The number of hydrogen-bond acceptors (Lipinski definition) is 4. The first-order valence-corrected chi connectivity index (χ1v) is 7.98. The molecular weight excluding hydrogens is 264 g/mol. The molecule has 1 saturated carbocycles. The summed E-state index contributed by atoms with van der Waals surface area (Å²) in [6, 6.07) is 0.331. The number of piperidine rings is 1. The zero-order chi connectivity index (χ0) is 14.8. The van der Waals surface area contributed by atoms with E-state index < -0.39 is 0 Å². The molecule has 0 unspecified atom stereocenters. The lowest BCUT2D eigenvalue weighted by Crippen LogP contribution is -2.47. The average Bonchev–Trinajstić information content (AvgIpc) is 2.41. The number of rotatable bonds is 3. The van der Waals surface area contributed by atoms with Gasteiger partial charge in [-0.2, -0.15) is 0 Å². The third kappa shape index (κ3) is 3.01. The van der Waals surface area contributed by atoms with Gasteiger partial charge in [0.25, 0.3) is 0 Å². The molecule has 1 aromatic heterocycles. The van der Waals surface area contributed by atoms with Crippen molar-refractivity contribution in [3.05, 3.63) is 17.6 Å². The maximum absolute atomic E-state index is 12.0. The summed E-state index contributed by atoms with van der Waals surface area (Å²) in [4.78, 5) is 23.0. The smallest absolute Gasteiger partial charge is 0.223 e. The van der Waals surface area contributed by atoms with Crippen LogP contribution in [0.25, 0.3) is 0 Å². The van der Waals surface area contributed by atoms with Crippen molar-refractivity contribution in [1.82, 2.24) is 15.3 Å². The monoisotopic (exact) mass is 288 g/mol. The predicted octanol–water partition coefficient (Wildman–Crippen LogP) is 1.98. The van der Waals surface area contributed by atoms with Crippen molar-refractivity contribution >= 4 is 11.7 Å². The third-order valence-corrected chi connectivity index (χ3v) is 4.93. The molecule has 1 aliphatic carbocycles. The summed E-state index contributed by atoms with van der Waals surface area (Å²) in [5.74, 6) is 1.61. The molecule has 2 fully saturated rings. The molecule has 0 bridgehead atoms. The van der Waals surface area contributed by atoms with E-state index in [2.05, 4.69) is 27.1 Å². The van der Waals surface area contributed by atoms with Crippen LogP contribution < -0.4 is 10.2 Å². The molecule has 1 saturated heterocycles. The summed E-state index contributed by atoms with van der Waals surface area (Å²) in [6.45, 7) is 6.00. The fraction of sp³-hybridized carbons (Fsp3) is 0.688. The Morgan fingerprint density at radius 1 is 1.19 bits per heavy atom. The largest absolute Gasteiger partial charge is 0.356 e. The number of aromatic nitrogens is 2. The van der Waals surface area contributed by atoms with Crippen molar-refractivity contribution < 1.29 is 4.79 Å². The van der Waals surface area contributed by atoms with Crippen LogP contribution in [0.5, 0.6) is 0 Å². The maximum Gasteiger partial charge on any atom is 0.223 e. The van der Waals surface area contributed by atoms with Gasteiger partial charge in [-0.1, -0.05) is 6.42 Å². The first-order chi connectivity index (χ1) is 10.1. The van der Waals surface area contributed by atoms with Gasteiger partial charge in [-0.25, -0.2) is 9.97 Å². The van der Waals surface area contributed by atoms with Gasteiger partial charge in [0.1, 0.15) is 12.1 Å². The first kappa shape index (κ1) is 14.3. The van der Waals surface area contributed by atoms with Crippen LogP contribution in [0.3, 0.4) is 0 Å². The Morgan fingerprint density at radius 3 is 2.52 bits per heavy atom. The fourth-order valence-electron chi connectivity index (χ4n) is 3.07. The van der Waals surface area contributed by atoms with E-state index in [0.717, 1.165) is 55.8 Å². The van der Waals surface area contributed by atoms with E-state index in [-0.39, 0.29) is 11.8 Å². The molecular formula is C16H24N4O. The second kappa shape index (κ2) is 6.00. The molecule has 1 N–H and O–H groups in total. The Labute approximate surface area is 126 Å². The van der Waals surface area contributed by atoms with Crippen molar-refractivity contribution in [2.45, 2.75) is 52.0 Å². The Morgan fingerprint density at radius 2 is 1.90 bits per heavy atom. The summed E-state index contributed by atoms with van der Waals surface area (Å²) < 4.78 is 0. The predicted molar refractivity (Wildman–Crippen MR) is 82.2 cm³/mol. The van der Waals surface area contributed by atoms with Crippen LogP contribution in [-0.4, -0.2) is 35.0 Å². The molecule has 21 heavy (non-hydrogen) atoms. The first-order valence-electron chi connectivity index (χ1n) is 7.98. The van der Waals surface area contributed by atoms with Crippen LogP contribution in [0.2, 0.25) is 0 Å². The molecule has 0 aromatic carbocycles. The Balaban J connectivity index is 1.55. The minimum Gasteiger partial charge on any atom is -0.356 e. The van der Waals surface area contributed by atoms with Gasteiger partial charge in [0.15, 0.2) is 0 Å². The highest BCUT2D eigenvalue weighted by Crippen LogP contribution is 2.27. The molecule has 2 heterocycles. The highest BCUT2D eigenvalue weighted by Gasteiger charge is 2.28. The van der Waals surface area contributed by atoms with E-state index in [4.69, 9.17) is 0 Å². The molecule has 0 spiro atoms. The van der Waals surface area contributed by atoms with E-state index in [1.165, 1.54) is 6.42 Å². The molecule has 1 amide bonds. The summed E-state index contributed by atoms with van der Waals surface area (Å²) >= 11 is 0. The summed E-state index contributed by atoms with van der Waals surface area (Å²) in [5.41, 5.74) is 2.20. The van der Waals surface area contributed by atoms with Gasteiger partial charge in [-0.3, -0.25) is 4.79 Å². The van der Waals surface area contributed by atoms with Crippen molar-refractivity contribution in [3.63, 3.8) is 0 Å². The molecule has 1 aromatic rings. The Kier molecular flexibility index (Phi) is 4.08. The normalized spacial score (nSPS) is 20.2. The zero-order valence-electron chi connectivity index (χ0n) is 12.9. The molecule has 0 atom stereocenters. The van der Waals surface area contributed by atoms with Gasteiger partial charge in [-0.05, 0) is 39.5 Å². The second-order valence-electron chi connectivity index (χ2n) is 6.31. The van der Waals surface area contributed by atoms with E-state index in [1.807, 2.05) is 6.92 Å². The highest BCUT2D eigenvalue weighted by molar-refractivity contribution is 5.79. The Bertz CT molecular complexity index is 519. The van der Waals surface area contributed by atoms with Crippen LogP contribution >= 0.6 is 0 Å². The molecule has 0 radical (unpaired) electrons. The number of anilines is 1. The number of carbonyl (C=O) groups is 1. The molecule has 3 rings (SSSR count). The van der Waals surface area contributed by atoms with E-state index >= 15 is 0 Å². The topological polar surface area (TPSA) is 58.1 Å². The van der Waals surface area contributed by atoms with Gasteiger partial charge in [0, 0.05) is 36.3 Å². The average molecular weight is 288 g/mol. The number of nitrogens with zero attached hydrogens (tertiary/aromatic N) is 3. The summed E-state index contributed by atoms with van der Waals surface area (Å²) in [5, 5.41) is 3.22. The maximum atomic E-state index is 12.0. The fourth-order valence-corrected chi connectivity index (χ4v) is 3.07. The van der Waals surface area contributed by atoms with Gasteiger partial charge in [0.2, 0.25) is 5.91 Å². The Hall–Kier alpha value is -1.65. The van der Waals surface area contributed by atoms with Gasteiger partial charge >= 0.3 is 0 Å². The number of hydrogen-bond donors (Lipinski definition) is 1. The van der Waals surface area contributed by atoms with Crippen LogP contribution in [0.4, 0.5) is 5.82 Å². The van der Waals surface area contributed by atoms with E-state index in [1.54, 1.807) is 6.33 Å². The number of carbonyl (C=O) groups excluding carboxylic acids is 1. The molecule has 5 nitrogen and oxygen atoms in total. The van der Waals surface area contributed by atoms with E-state index in [0.29, 0.717) is 6.04 Å². The van der Waals surface area contributed by atoms with Crippen molar-refractivity contribution in [2.75, 3.05) is 18.0 Å². The van der Waals surface area contributed by atoms with Crippen molar-refractivity contribution in [3.8, 4) is 0 Å². The number of aryl methyl sites for hydroxylation is 1.